The van der Waals surface area contributed by atoms with Crippen molar-refractivity contribution in [3.05, 3.63) is 34.9 Å². The summed E-state index contributed by atoms with van der Waals surface area (Å²) in [6.07, 6.45) is 17.4. The van der Waals surface area contributed by atoms with Gasteiger partial charge in [0.2, 0.25) is 0 Å². The number of benzene rings is 1. The van der Waals surface area contributed by atoms with Crippen molar-refractivity contribution in [3.8, 4) is 0 Å². The Kier molecular flexibility index (Phi) is 8.94. The molecule has 0 aliphatic heterocycles. The summed E-state index contributed by atoms with van der Waals surface area (Å²) in [5.41, 5.74) is 1.35. The van der Waals surface area contributed by atoms with Crippen LogP contribution in [-0.2, 0) is 4.79 Å². The average Bonchev–Trinajstić information content (AvgIpc) is 2.80. The molecule has 3 aliphatic rings. The maximum atomic E-state index is 11.5. The molecule has 3 saturated carbocycles. The van der Waals surface area contributed by atoms with Crippen molar-refractivity contribution in [1.82, 2.24) is 4.90 Å². The van der Waals surface area contributed by atoms with Gasteiger partial charge in [-0.3, -0.25) is 9.69 Å². The van der Waals surface area contributed by atoms with E-state index >= 15 is 0 Å². The largest absolute Gasteiger partial charge is 0.481 e. The van der Waals surface area contributed by atoms with Crippen LogP contribution in [0.2, 0.25) is 5.02 Å². The van der Waals surface area contributed by atoms with Crippen LogP contribution in [0.15, 0.2) is 24.3 Å². The molecule has 1 aromatic carbocycles. The number of hydrogen-bond acceptors (Lipinski definition) is 2. The topological polar surface area (TPSA) is 40.5 Å². The number of carbonyl (C=O) groups is 1. The summed E-state index contributed by atoms with van der Waals surface area (Å²) < 4.78 is 0. The lowest BCUT2D eigenvalue weighted by molar-refractivity contribution is -0.138. The zero-order chi connectivity index (χ0) is 22.3. The van der Waals surface area contributed by atoms with Crippen molar-refractivity contribution in [3.63, 3.8) is 0 Å². The fourth-order valence-corrected chi connectivity index (χ4v) is 7.05. The molecule has 0 saturated heterocycles. The Labute approximate surface area is 199 Å². The molecular formula is C28H42ClNO2. The van der Waals surface area contributed by atoms with Gasteiger partial charge in [0.05, 0.1) is 0 Å². The smallest absolute Gasteiger partial charge is 0.303 e. The van der Waals surface area contributed by atoms with Crippen LogP contribution in [0.3, 0.4) is 0 Å². The van der Waals surface area contributed by atoms with Gasteiger partial charge in [-0.05, 0) is 86.3 Å². The number of carboxylic acids is 1. The van der Waals surface area contributed by atoms with Gasteiger partial charge in [0, 0.05) is 30.6 Å². The van der Waals surface area contributed by atoms with Crippen LogP contribution < -0.4 is 0 Å². The summed E-state index contributed by atoms with van der Waals surface area (Å²) in [5.74, 6) is 1.74. The van der Waals surface area contributed by atoms with Crippen molar-refractivity contribution >= 4 is 17.6 Å². The first kappa shape index (κ1) is 24.1. The van der Waals surface area contributed by atoms with Crippen molar-refractivity contribution in [1.29, 1.82) is 0 Å². The van der Waals surface area contributed by atoms with Gasteiger partial charge < -0.3 is 5.11 Å². The van der Waals surface area contributed by atoms with Crippen molar-refractivity contribution < 1.29 is 9.90 Å². The standard InChI is InChI=1S/C28H42ClNO2/c29-25-14-12-24(13-15-25)26-17-23(18-28(31)32)11-16-27(26)30(19-21-7-3-1-4-8-21)20-22-9-5-2-6-10-22/h12-15,21-23,26-27H,1-11,16-20H2,(H,31,32). The predicted octanol–water partition coefficient (Wildman–Crippen LogP) is 7.53. The molecule has 3 fully saturated rings. The van der Waals surface area contributed by atoms with Gasteiger partial charge in [0.15, 0.2) is 0 Å². The van der Waals surface area contributed by atoms with Crippen LogP contribution >= 0.6 is 11.6 Å². The fourth-order valence-electron chi connectivity index (χ4n) is 6.93. The molecule has 0 bridgehead atoms. The van der Waals surface area contributed by atoms with E-state index in [4.69, 9.17) is 11.6 Å². The second kappa shape index (κ2) is 11.9. The minimum atomic E-state index is -0.649. The van der Waals surface area contributed by atoms with E-state index in [-0.39, 0.29) is 5.92 Å². The molecule has 4 heteroatoms. The Morgan fingerprint density at radius 1 is 0.812 bits per heavy atom. The molecule has 3 atom stereocenters. The van der Waals surface area contributed by atoms with E-state index in [9.17, 15) is 9.90 Å². The highest BCUT2D eigenvalue weighted by Crippen LogP contribution is 2.42. The van der Waals surface area contributed by atoms with Crippen LogP contribution in [-0.4, -0.2) is 35.1 Å². The first-order chi connectivity index (χ1) is 15.6. The molecule has 0 aromatic heterocycles. The molecule has 3 unspecified atom stereocenters. The molecule has 1 N–H and O–H groups in total. The lowest BCUT2D eigenvalue weighted by atomic mass is 9.72. The Bertz CT molecular complexity index is 689. The maximum Gasteiger partial charge on any atom is 0.303 e. The third-order valence-corrected chi connectivity index (χ3v) is 8.84. The van der Waals surface area contributed by atoms with Crippen molar-refractivity contribution in [2.75, 3.05) is 13.1 Å². The molecule has 0 radical (unpaired) electrons. The van der Waals surface area contributed by atoms with E-state index in [1.54, 1.807) is 0 Å². The van der Waals surface area contributed by atoms with Gasteiger partial charge in [-0.1, -0.05) is 62.3 Å². The Morgan fingerprint density at radius 3 is 1.91 bits per heavy atom. The Hall–Kier alpha value is -1.06. The van der Waals surface area contributed by atoms with Crippen LogP contribution in [0.4, 0.5) is 0 Å². The van der Waals surface area contributed by atoms with Gasteiger partial charge in [0.1, 0.15) is 0 Å². The minimum Gasteiger partial charge on any atom is -0.481 e. The number of rotatable bonds is 8. The molecule has 4 rings (SSSR count). The van der Waals surface area contributed by atoms with Crippen molar-refractivity contribution in [2.45, 2.75) is 102 Å². The van der Waals surface area contributed by atoms with E-state index in [2.05, 4.69) is 17.0 Å². The number of halogens is 1. The molecule has 0 heterocycles. The zero-order valence-electron chi connectivity index (χ0n) is 19.7. The molecular weight excluding hydrogens is 418 g/mol. The van der Waals surface area contributed by atoms with E-state index in [1.807, 2.05) is 12.1 Å². The highest BCUT2D eigenvalue weighted by Gasteiger charge is 2.37. The second-order valence-corrected chi connectivity index (χ2v) is 11.4. The molecule has 0 amide bonds. The maximum absolute atomic E-state index is 11.5. The van der Waals surface area contributed by atoms with Gasteiger partial charge in [0.25, 0.3) is 0 Å². The third-order valence-electron chi connectivity index (χ3n) is 8.59. The van der Waals surface area contributed by atoms with Crippen LogP contribution in [0.1, 0.15) is 101 Å². The van der Waals surface area contributed by atoms with E-state index in [1.165, 1.54) is 82.9 Å². The van der Waals surface area contributed by atoms with Crippen LogP contribution in [0.5, 0.6) is 0 Å². The molecule has 0 spiro atoms. The number of aliphatic carboxylic acids is 1. The minimum absolute atomic E-state index is 0.288. The summed E-state index contributed by atoms with van der Waals surface area (Å²) in [6.45, 7) is 2.49. The van der Waals surface area contributed by atoms with Gasteiger partial charge in [-0.15, -0.1) is 0 Å². The van der Waals surface area contributed by atoms with Gasteiger partial charge >= 0.3 is 5.97 Å². The van der Waals surface area contributed by atoms with E-state index in [0.29, 0.717) is 18.4 Å². The number of hydrogen-bond donors (Lipinski definition) is 1. The summed E-state index contributed by atoms with van der Waals surface area (Å²) in [6, 6.07) is 8.96. The normalized spacial score (nSPS) is 28.1. The lowest BCUT2D eigenvalue weighted by Gasteiger charge is -2.46. The molecule has 178 valence electrons. The zero-order valence-corrected chi connectivity index (χ0v) is 20.4. The quantitative estimate of drug-likeness (QED) is 0.436. The highest BCUT2D eigenvalue weighted by molar-refractivity contribution is 6.30. The Balaban J connectivity index is 1.55. The van der Waals surface area contributed by atoms with Gasteiger partial charge in [-0.25, -0.2) is 0 Å². The van der Waals surface area contributed by atoms with E-state index in [0.717, 1.165) is 36.1 Å². The second-order valence-electron chi connectivity index (χ2n) is 11.0. The molecule has 3 aliphatic carbocycles. The van der Waals surface area contributed by atoms with Gasteiger partial charge in [-0.2, -0.15) is 0 Å². The van der Waals surface area contributed by atoms with Crippen molar-refractivity contribution in [2.24, 2.45) is 17.8 Å². The summed E-state index contributed by atoms with van der Waals surface area (Å²) >= 11 is 6.22. The van der Waals surface area contributed by atoms with E-state index < -0.39 is 5.97 Å². The number of nitrogens with zero attached hydrogens (tertiary/aromatic N) is 1. The SMILES string of the molecule is O=C(O)CC1CCC(N(CC2CCCCC2)CC2CCCCC2)C(c2ccc(Cl)cc2)C1. The first-order valence-corrected chi connectivity index (χ1v) is 13.7. The summed E-state index contributed by atoms with van der Waals surface area (Å²) in [5, 5.41) is 10.2. The first-order valence-electron chi connectivity index (χ1n) is 13.3. The molecule has 1 aromatic rings. The number of carboxylic acid groups (broad SMARTS) is 1. The monoisotopic (exact) mass is 459 g/mol. The fraction of sp³-hybridized carbons (Fsp3) is 0.750. The Morgan fingerprint density at radius 2 is 1.38 bits per heavy atom. The lowest BCUT2D eigenvalue weighted by Crippen LogP contribution is -2.47. The predicted molar refractivity (Wildman–Crippen MR) is 132 cm³/mol. The summed E-state index contributed by atoms with van der Waals surface area (Å²) in [7, 11) is 0. The van der Waals surface area contributed by atoms with Crippen LogP contribution in [0.25, 0.3) is 0 Å². The average molecular weight is 460 g/mol. The molecule has 3 nitrogen and oxygen atoms in total. The summed E-state index contributed by atoms with van der Waals surface area (Å²) in [4.78, 5) is 14.4. The highest BCUT2D eigenvalue weighted by atomic mass is 35.5. The van der Waals surface area contributed by atoms with Crippen LogP contribution in [0, 0.1) is 17.8 Å². The third kappa shape index (κ3) is 6.73. The molecule has 32 heavy (non-hydrogen) atoms.